The molecule has 0 aliphatic carbocycles. The van der Waals surface area contributed by atoms with Gasteiger partial charge in [0.1, 0.15) is 0 Å². The van der Waals surface area contributed by atoms with Crippen LogP contribution in [0.5, 0.6) is 0 Å². The highest BCUT2D eigenvalue weighted by Crippen LogP contribution is 2.25. The van der Waals surface area contributed by atoms with Crippen molar-refractivity contribution in [3.63, 3.8) is 0 Å². The van der Waals surface area contributed by atoms with Crippen molar-refractivity contribution in [2.24, 2.45) is 0 Å². The Labute approximate surface area is 137 Å². The van der Waals surface area contributed by atoms with Gasteiger partial charge in [-0.1, -0.05) is 84.5 Å². The van der Waals surface area contributed by atoms with Crippen molar-refractivity contribution in [2.75, 3.05) is 6.61 Å². The Kier molecular flexibility index (Phi) is 15.2. The van der Waals surface area contributed by atoms with Gasteiger partial charge in [0.15, 0.2) is 0 Å². The molecule has 0 amide bonds. The summed E-state index contributed by atoms with van der Waals surface area (Å²) >= 11 is 12.6. The second-order valence-corrected chi connectivity index (χ2v) is 12.1. The molecule has 0 N–H and O–H groups in total. The lowest BCUT2D eigenvalue weighted by Gasteiger charge is -2.17. The molecule has 0 aliphatic heterocycles. The quantitative estimate of drug-likeness (QED) is 0.175. The molecular weight excluding hydrogens is 307 g/mol. The summed E-state index contributed by atoms with van der Waals surface area (Å²) in [5.41, 5.74) is 0. The Balaban J connectivity index is 3.35. The van der Waals surface area contributed by atoms with Crippen LogP contribution in [0.4, 0.5) is 0 Å². The average Bonchev–Trinajstić information content (AvgIpc) is 2.41. The minimum absolute atomic E-state index is 0.751. The summed E-state index contributed by atoms with van der Waals surface area (Å²) in [5, 5.41) is 0. The second kappa shape index (κ2) is 14.7. The van der Waals surface area contributed by atoms with Gasteiger partial charge in [-0.2, -0.15) is 0 Å². The molecule has 0 spiro atoms. The predicted molar refractivity (Wildman–Crippen MR) is 95.0 cm³/mol. The van der Waals surface area contributed by atoms with E-state index in [0.717, 1.165) is 25.5 Å². The first-order chi connectivity index (χ1) is 9.62. The summed E-state index contributed by atoms with van der Waals surface area (Å²) in [6.07, 6.45) is 15.3. The molecule has 0 aromatic rings. The van der Waals surface area contributed by atoms with Crippen LogP contribution in [0.3, 0.4) is 0 Å². The second-order valence-electron chi connectivity index (χ2n) is 5.77. The molecule has 0 aromatic carbocycles. The van der Waals surface area contributed by atoms with Gasteiger partial charge in [0.05, 0.1) is 0 Å². The Morgan fingerprint density at radius 1 is 0.650 bits per heavy atom. The molecule has 0 saturated carbocycles. The first kappa shape index (κ1) is 20.8. The van der Waals surface area contributed by atoms with Gasteiger partial charge in [-0.05, 0) is 12.5 Å². The molecule has 0 bridgehead atoms. The Morgan fingerprint density at radius 2 is 1.10 bits per heavy atom. The molecule has 0 unspecified atom stereocenters. The van der Waals surface area contributed by atoms with E-state index in [1.807, 2.05) is 0 Å². The summed E-state index contributed by atoms with van der Waals surface area (Å²) in [4.78, 5) is 0. The van der Waals surface area contributed by atoms with E-state index in [1.54, 1.807) is 0 Å². The minimum Gasteiger partial charge on any atom is -0.392 e. The van der Waals surface area contributed by atoms with Crippen molar-refractivity contribution in [1.82, 2.24) is 0 Å². The average molecular weight is 341 g/mol. The summed E-state index contributed by atoms with van der Waals surface area (Å²) in [5.74, 6) is 0. The van der Waals surface area contributed by atoms with Crippen molar-refractivity contribution in [1.29, 1.82) is 0 Å². The molecule has 4 heteroatoms. The lowest BCUT2D eigenvalue weighted by atomic mass is 10.1. The van der Waals surface area contributed by atoms with E-state index in [-0.39, 0.29) is 0 Å². The van der Waals surface area contributed by atoms with Gasteiger partial charge >= 0.3 is 6.94 Å². The fraction of sp³-hybridized carbons (Fsp3) is 1.00. The van der Waals surface area contributed by atoms with Crippen LogP contribution < -0.4 is 0 Å². The van der Waals surface area contributed by atoms with Crippen molar-refractivity contribution in [3.05, 3.63) is 0 Å². The van der Waals surface area contributed by atoms with E-state index in [2.05, 4.69) is 13.8 Å². The minimum atomic E-state index is -2.40. The maximum atomic E-state index is 6.32. The van der Waals surface area contributed by atoms with Crippen LogP contribution in [0.15, 0.2) is 0 Å². The molecule has 0 atom stereocenters. The lowest BCUT2D eigenvalue weighted by molar-refractivity contribution is 0.309. The molecule has 0 radical (unpaired) electrons. The highest BCUT2D eigenvalue weighted by molar-refractivity contribution is 7.42. The van der Waals surface area contributed by atoms with Crippen molar-refractivity contribution in [3.8, 4) is 0 Å². The highest BCUT2D eigenvalue weighted by atomic mass is 35.7. The summed E-state index contributed by atoms with van der Waals surface area (Å²) in [7, 11) is 0. The maximum absolute atomic E-state index is 6.32. The zero-order valence-electron chi connectivity index (χ0n) is 13.6. The van der Waals surface area contributed by atoms with Crippen LogP contribution in [0.2, 0.25) is 6.04 Å². The van der Waals surface area contributed by atoms with Crippen LogP contribution >= 0.6 is 22.2 Å². The van der Waals surface area contributed by atoms with E-state index < -0.39 is 6.94 Å². The smallest absolute Gasteiger partial charge is 0.389 e. The molecule has 0 aromatic heterocycles. The van der Waals surface area contributed by atoms with Crippen LogP contribution in [0, 0.1) is 0 Å². The molecule has 0 saturated heterocycles. The summed E-state index contributed by atoms with van der Waals surface area (Å²) < 4.78 is 5.73. The SMILES string of the molecule is CCCCCCCCO[Si](Cl)(Cl)CCCCCCCC. The number of hydrogen-bond donors (Lipinski definition) is 0. The van der Waals surface area contributed by atoms with Gasteiger partial charge in [-0.3, -0.25) is 0 Å². The molecule has 122 valence electrons. The van der Waals surface area contributed by atoms with E-state index in [4.69, 9.17) is 26.6 Å². The topological polar surface area (TPSA) is 9.23 Å². The molecule has 0 heterocycles. The van der Waals surface area contributed by atoms with E-state index in [0.29, 0.717) is 0 Å². The molecule has 0 aliphatic rings. The van der Waals surface area contributed by atoms with Crippen LogP contribution in [-0.4, -0.2) is 13.5 Å². The van der Waals surface area contributed by atoms with E-state index in [1.165, 1.54) is 64.2 Å². The van der Waals surface area contributed by atoms with Crippen molar-refractivity contribution in [2.45, 2.75) is 96.9 Å². The third-order valence-corrected chi connectivity index (χ3v) is 6.98. The zero-order valence-corrected chi connectivity index (χ0v) is 16.1. The van der Waals surface area contributed by atoms with Crippen LogP contribution in [-0.2, 0) is 4.43 Å². The third-order valence-electron chi connectivity index (χ3n) is 3.63. The molecule has 0 fully saturated rings. The summed E-state index contributed by atoms with van der Waals surface area (Å²) in [6.45, 7) is 2.83. The predicted octanol–water partition coefficient (Wildman–Crippen LogP) is 7.14. The summed E-state index contributed by atoms with van der Waals surface area (Å²) in [6, 6.07) is 0.887. The van der Waals surface area contributed by atoms with Gasteiger partial charge in [0, 0.05) is 6.61 Å². The van der Waals surface area contributed by atoms with Crippen molar-refractivity contribution < 1.29 is 4.43 Å². The number of rotatable bonds is 15. The molecular formula is C16H34Cl2OSi. The highest BCUT2D eigenvalue weighted by Gasteiger charge is 2.29. The van der Waals surface area contributed by atoms with Crippen LogP contribution in [0.25, 0.3) is 0 Å². The van der Waals surface area contributed by atoms with Gasteiger partial charge in [-0.25, -0.2) is 0 Å². The van der Waals surface area contributed by atoms with E-state index >= 15 is 0 Å². The molecule has 0 rings (SSSR count). The third kappa shape index (κ3) is 15.2. The maximum Gasteiger partial charge on any atom is 0.389 e. The van der Waals surface area contributed by atoms with Crippen LogP contribution in [0.1, 0.15) is 90.9 Å². The largest absolute Gasteiger partial charge is 0.392 e. The van der Waals surface area contributed by atoms with Gasteiger partial charge in [-0.15, -0.1) is 22.2 Å². The van der Waals surface area contributed by atoms with E-state index in [9.17, 15) is 0 Å². The zero-order chi connectivity index (χ0) is 15.1. The van der Waals surface area contributed by atoms with Gasteiger partial charge < -0.3 is 4.43 Å². The lowest BCUT2D eigenvalue weighted by Crippen LogP contribution is -2.24. The first-order valence-corrected chi connectivity index (χ1v) is 12.8. The normalized spacial score (nSPS) is 12.0. The Morgan fingerprint density at radius 3 is 1.65 bits per heavy atom. The number of hydrogen-bond acceptors (Lipinski definition) is 1. The monoisotopic (exact) mass is 340 g/mol. The first-order valence-electron chi connectivity index (χ1n) is 8.64. The molecule has 20 heavy (non-hydrogen) atoms. The Hall–Kier alpha value is 0.757. The number of unbranched alkanes of at least 4 members (excludes halogenated alkanes) is 10. The molecule has 1 nitrogen and oxygen atoms in total. The van der Waals surface area contributed by atoms with Crippen molar-refractivity contribution >= 4 is 29.1 Å². The Bertz CT molecular complexity index is 201. The fourth-order valence-corrected chi connectivity index (χ4v) is 4.80. The number of halogens is 2. The van der Waals surface area contributed by atoms with Gasteiger partial charge in [0.25, 0.3) is 0 Å². The van der Waals surface area contributed by atoms with Gasteiger partial charge in [0.2, 0.25) is 0 Å². The standard InChI is InChI=1S/C16H34Cl2OSi/c1-3-5-7-9-11-13-15-19-20(17,18)16-14-12-10-8-6-4-2/h3-16H2,1-2H3. The fourth-order valence-electron chi connectivity index (χ4n) is 2.29.